The highest BCUT2D eigenvalue weighted by Gasteiger charge is 2.20. The Kier molecular flexibility index (Phi) is 5.42. The van der Waals surface area contributed by atoms with Crippen LogP contribution in [0.3, 0.4) is 0 Å². The Labute approximate surface area is 157 Å². The summed E-state index contributed by atoms with van der Waals surface area (Å²) in [5.41, 5.74) is 4.10. The second-order valence-electron chi connectivity index (χ2n) is 6.32. The lowest BCUT2D eigenvalue weighted by atomic mass is 10.2. The Morgan fingerprint density at radius 2 is 1.77 bits per heavy atom. The van der Waals surface area contributed by atoms with E-state index in [4.69, 9.17) is 0 Å². The van der Waals surface area contributed by atoms with E-state index < -0.39 is 0 Å². The van der Waals surface area contributed by atoms with Crippen LogP contribution in [0.5, 0.6) is 0 Å². The molecule has 1 atom stereocenters. The molecule has 0 radical (unpaired) electrons. The van der Waals surface area contributed by atoms with E-state index in [1.807, 2.05) is 61.7 Å². The molecule has 0 spiro atoms. The molecule has 1 heterocycles. The van der Waals surface area contributed by atoms with Crippen molar-refractivity contribution in [1.82, 2.24) is 14.8 Å². The number of aromatic nitrogens is 3. The zero-order valence-corrected chi connectivity index (χ0v) is 16.2. The Morgan fingerprint density at radius 3 is 2.46 bits per heavy atom. The number of nitrogens with one attached hydrogen (secondary N) is 1. The number of amides is 1. The second-order valence-corrected chi connectivity index (χ2v) is 7.63. The van der Waals surface area contributed by atoms with Crippen molar-refractivity contribution in [3.8, 4) is 5.69 Å². The average molecular weight is 366 g/mol. The highest BCUT2D eigenvalue weighted by atomic mass is 32.2. The van der Waals surface area contributed by atoms with Crippen molar-refractivity contribution in [2.75, 3.05) is 5.32 Å². The first-order chi connectivity index (χ1) is 12.4. The SMILES string of the molecule is Cc1ccc(-n2c(C)nnc2S[C@H](C)C(=O)Nc2cccc(C)c2)cc1. The minimum absolute atomic E-state index is 0.0586. The Bertz CT molecular complexity index is 918. The third kappa shape index (κ3) is 4.14. The number of carbonyl (C=O) groups excluding carboxylic acids is 1. The quantitative estimate of drug-likeness (QED) is 0.684. The molecule has 3 rings (SSSR count). The van der Waals surface area contributed by atoms with Gasteiger partial charge in [-0.15, -0.1) is 10.2 Å². The van der Waals surface area contributed by atoms with Crippen LogP contribution in [0.2, 0.25) is 0 Å². The number of nitrogens with zero attached hydrogens (tertiary/aromatic N) is 3. The van der Waals surface area contributed by atoms with Gasteiger partial charge in [-0.3, -0.25) is 9.36 Å². The highest BCUT2D eigenvalue weighted by molar-refractivity contribution is 8.00. The number of aryl methyl sites for hydroxylation is 3. The fourth-order valence-electron chi connectivity index (χ4n) is 2.59. The molecule has 0 fully saturated rings. The molecule has 5 nitrogen and oxygen atoms in total. The van der Waals surface area contributed by atoms with Gasteiger partial charge in [-0.25, -0.2) is 0 Å². The number of benzene rings is 2. The van der Waals surface area contributed by atoms with Gasteiger partial charge in [0.2, 0.25) is 5.91 Å². The smallest absolute Gasteiger partial charge is 0.237 e. The van der Waals surface area contributed by atoms with Crippen LogP contribution in [-0.2, 0) is 4.79 Å². The predicted molar refractivity (Wildman–Crippen MR) is 106 cm³/mol. The van der Waals surface area contributed by atoms with Gasteiger partial charge in [0.05, 0.1) is 5.25 Å². The van der Waals surface area contributed by atoms with Crippen LogP contribution in [0, 0.1) is 20.8 Å². The average Bonchev–Trinajstić information content (AvgIpc) is 2.96. The minimum atomic E-state index is -0.302. The molecule has 3 aromatic rings. The van der Waals surface area contributed by atoms with Gasteiger partial charge < -0.3 is 5.32 Å². The first-order valence-electron chi connectivity index (χ1n) is 8.47. The van der Waals surface area contributed by atoms with Crippen molar-refractivity contribution in [1.29, 1.82) is 0 Å². The van der Waals surface area contributed by atoms with Gasteiger partial charge >= 0.3 is 0 Å². The van der Waals surface area contributed by atoms with Gasteiger partial charge in [0.25, 0.3) is 0 Å². The fraction of sp³-hybridized carbons (Fsp3) is 0.250. The van der Waals surface area contributed by atoms with Crippen molar-refractivity contribution >= 4 is 23.4 Å². The van der Waals surface area contributed by atoms with Crippen LogP contribution < -0.4 is 5.32 Å². The Hall–Kier alpha value is -2.60. The zero-order chi connectivity index (χ0) is 18.7. The summed E-state index contributed by atoms with van der Waals surface area (Å²) in [4.78, 5) is 12.5. The summed E-state index contributed by atoms with van der Waals surface area (Å²) in [6, 6.07) is 15.9. The Balaban J connectivity index is 1.76. The molecule has 134 valence electrons. The number of hydrogen-bond donors (Lipinski definition) is 1. The summed E-state index contributed by atoms with van der Waals surface area (Å²) in [6.07, 6.45) is 0. The number of thioether (sulfide) groups is 1. The molecule has 0 bridgehead atoms. The van der Waals surface area contributed by atoms with E-state index in [0.717, 1.165) is 22.8 Å². The lowest BCUT2D eigenvalue weighted by Crippen LogP contribution is -2.23. The highest BCUT2D eigenvalue weighted by Crippen LogP contribution is 2.26. The molecule has 0 saturated heterocycles. The van der Waals surface area contributed by atoms with E-state index >= 15 is 0 Å². The molecular formula is C20H22N4OS. The second kappa shape index (κ2) is 7.74. The maximum Gasteiger partial charge on any atom is 0.237 e. The van der Waals surface area contributed by atoms with Crippen molar-refractivity contribution < 1.29 is 4.79 Å². The van der Waals surface area contributed by atoms with Gasteiger partial charge in [0, 0.05) is 11.4 Å². The molecule has 0 saturated carbocycles. The number of carbonyl (C=O) groups is 1. The molecular weight excluding hydrogens is 344 g/mol. The standard InChI is InChI=1S/C20H22N4OS/c1-13-8-10-18(11-9-13)24-16(4)22-23-20(24)26-15(3)19(25)21-17-7-5-6-14(2)12-17/h5-12,15H,1-4H3,(H,21,25)/t15-/m1/s1. The normalized spacial score (nSPS) is 12.0. The molecule has 1 N–H and O–H groups in total. The van der Waals surface area contributed by atoms with E-state index in [2.05, 4.69) is 34.6 Å². The molecule has 2 aromatic carbocycles. The lowest BCUT2D eigenvalue weighted by Gasteiger charge is -2.13. The number of rotatable bonds is 5. The third-order valence-electron chi connectivity index (χ3n) is 4.02. The van der Waals surface area contributed by atoms with Crippen LogP contribution >= 0.6 is 11.8 Å². The van der Waals surface area contributed by atoms with Gasteiger partial charge in [0.1, 0.15) is 5.82 Å². The molecule has 0 unspecified atom stereocenters. The number of hydrogen-bond acceptors (Lipinski definition) is 4. The lowest BCUT2D eigenvalue weighted by molar-refractivity contribution is -0.115. The molecule has 1 aromatic heterocycles. The van der Waals surface area contributed by atoms with Crippen molar-refractivity contribution in [2.24, 2.45) is 0 Å². The van der Waals surface area contributed by atoms with E-state index in [1.165, 1.54) is 17.3 Å². The summed E-state index contributed by atoms with van der Waals surface area (Å²) < 4.78 is 1.97. The van der Waals surface area contributed by atoms with Crippen LogP contribution in [0.15, 0.2) is 53.7 Å². The molecule has 0 aliphatic heterocycles. The first-order valence-corrected chi connectivity index (χ1v) is 9.35. The fourth-order valence-corrected chi connectivity index (χ4v) is 3.50. The molecule has 6 heteroatoms. The maximum atomic E-state index is 12.5. The van der Waals surface area contributed by atoms with Crippen molar-refractivity contribution in [3.05, 3.63) is 65.5 Å². The summed E-state index contributed by atoms with van der Waals surface area (Å²) >= 11 is 1.40. The van der Waals surface area contributed by atoms with Crippen LogP contribution in [0.1, 0.15) is 23.9 Å². The third-order valence-corrected chi connectivity index (χ3v) is 5.07. The van der Waals surface area contributed by atoms with Gasteiger partial charge in [-0.1, -0.05) is 41.6 Å². The summed E-state index contributed by atoms with van der Waals surface area (Å²) in [5, 5.41) is 11.8. The largest absolute Gasteiger partial charge is 0.325 e. The van der Waals surface area contributed by atoms with Gasteiger partial charge in [-0.05, 0) is 57.5 Å². The van der Waals surface area contributed by atoms with Crippen molar-refractivity contribution in [3.63, 3.8) is 0 Å². The summed E-state index contributed by atoms with van der Waals surface area (Å²) in [6.45, 7) is 7.84. The van der Waals surface area contributed by atoms with Crippen LogP contribution in [-0.4, -0.2) is 25.9 Å². The summed E-state index contributed by atoms with van der Waals surface area (Å²) in [5.74, 6) is 0.736. The topological polar surface area (TPSA) is 59.8 Å². The zero-order valence-electron chi connectivity index (χ0n) is 15.4. The van der Waals surface area contributed by atoms with Gasteiger partial charge in [0.15, 0.2) is 5.16 Å². The molecule has 26 heavy (non-hydrogen) atoms. The summed E-state index contributed by atoms with van der Waals surface area (Å²) in [7, 11) is 0. The van der Waals surface area contributed by atoms with Crippen LogP contribution in [0.25, 0.3) is 5.69 Å². The number of anilines is 1. The van der Waals surface area contributed by atoms with E-state index in [1.54, 1.807) is 0 Å². The van der Waals surface area contributed by atoms with Gasteiger partial charge in [-0.2, -0.15) is 0 Å². The Morgan fingerprint density at radius 1 is 1.04 bits per heavy atom. The predicted octanol–water partition coefficient (Wildman–Crippen LogP) is 4.31. The monoisotopic (exact) mass is 366 g/mol. The minimum Gasteiger partial charge on any atom is -0.325 e. The molecule has 0 aliphatic rings. The van der Waals surface area contributed by atoms with Crippen molar-refractivity contribution in [2.45, 2.75) is 38.1 Å². The van der Waals surface area contributed by atoms with E-state index in [-0.39, 0.29) is 11.2 Å². The first kappa shape index (κ1) is 18.2. The molecule has 1 amide bonds. The van der Waals surface area contributed by atoms with E-state index in [9.17, 15) is 4.79 Å². The van der Waals surface area contributed by atoms with Crippen LogP contribution in [0.4, 0.5) is 5.69 Å². The molecule has 0 aliphatic carbocycles. The maximum absolute atomic E-state index is 12.5. The van der Waals surface area contributed by atoms with E-state index in [0.29, 0.717) is 5.16 Å².